The lowest BCUT2D eigenvalue weighted by molar-refractivity contribution is -0.137. The molecule has 4 aromatic rings. The zero-order chi connectivity index (χ0) is 21.1. The number of aromatic nitrogens is 2. The number of nitrogens with one attached hydrogen (secondary N) is 3. The van der Waals surface area contributed by atoms with Crippen LogP contribution >= 0.6 is 0 Å². The molecule has 2 aromatic carbocycles. The largest absolute Gasteiger partial charge is 0.416 e. The van der Waals surface area contributed by atoms with Gasteiger partial charge in [-0.1, -0.05) is 24.3 Å². The Morgan fingerprint density at radius 1 is 0.933 bits per heavy atom. The van der Waals surface area contributed by atoms with Crippen LogP contribution < -0.4 is 10.6 Å². The van der Waals surface area contributed by atoms with Crippen LogP contribution in [0.1, 0.15) is 11.1 Å². The van der Waals surface area contributed by atoms with E-state index >= 15 is 0 Å². The first-order valence-corrected chi connectivity index (χ1v) is 9.28. The smallest absolute Gasteiger partial charge is 0.392 e. The molecule has 0 atom stereocenters. The lowest BCUT2D eigenvalue weighted by Crippen LogP contribution is -2.12. The van der Waals surface area contributed by atoms with Crippen LogP contribution in [-0.4, -0.2) is 21.7 Å². The Labute approximate surface area is 170 Å². The van der Waals surface area contributed by atoms with Crippen LogP contribution in [0, 0.1) is 0 Å². The fraction of sp³-hybridized carbons (Fsp3) is 0.136. The molecule has 0 fully saturated rings. The third-order valence-electron chi connectivity index (χ3n) is 4.79. The molecule has 0 radical (unpaired) electrons. The first-order chi connectivity index (χ1) is 14.5. The normalized spacial score (nSPS) is 11.6. The summed E-state index contributed by atoms with van der Waals surface area (Å²) in [7, 11) is 0. The van der Waals surface area contributed by atoms with E-state index < -0.39 is 11.7 Å². The summed E-state index contributed by atoms with van der Waals surface area (Å²) < 4.78 is 37.9. The van der Waals surface area contributed by atoms with Gasteiger partial charge in [-0.05, 0) is 42.0 Å². The molecule has 0 aliphatic heterocycles. The van der Waals surface area contributed by atoms with E-state index in [1.807, 2.05) is 36.4 Å². The molecule has 8 heteroatoms. The Balaban J connectivity index is 1.45. The number of pyridine rings is 1. The molecule has 4 N–H and O–H groups in total. The molecule has 0 aliphatic carbocycles. The van der Waals surface area contributed by atoms with E-state index in [1.165, 1.54) is 12.1 Å². The van der Waals surface area contributed by atoms with Crippen molar-refractivity contribution >= 4 is 22.4 Å². The summed E-state index contributed by atoms with van der Waals surface area (Å²) in [6.07, 6.45) is -2.56. The number of hydrogen-bond donors (Lipinski definition) is 4. The number of alkyl halides is 3. The first-order valence-electron chi connectivity index (χ1n) is 9.28. The summed E-state index contributed by atoms with van der Waals surface area (Å²) in [6.45, 7) is 0.260. The molecule has 0 unspecified atom stereocenters. The van der Waals surface area contributed by atoms with Crippen molar-refractivity contribution in [3.05, 3.63) is 78.0 Å². The molecule has 2 aromatic heterocycles. The van der Waals surface area contributed by atoms with Gasteiger partial charge in [0.2, 0.25) is 0 Å². The summed E-state index contributed by atoms with van der Waals surface area (Å²) in [6, 6.07) is 16.2. The number of rotatable bonds is 6. The first kappa shape index (κ1) is 19.8. The average molecular weight is 412 g/mol. The third-order valence-corrected chi connectivity index (χ3v) is 4.79. The predicted molar refractivity (Wildman–Crippen MR) is 111 cm³/mol. The minimum absolute atomic E-state index is 0.0664. The van der Waals surface area contributed by atoms with Crippen LogP contribution in [0.3, 0.4) is 0 Å². The number of aliphatic hydroxyl groups excluding tert-OH is 1. The molecule has 4 rings (SSSR count). The zero-order valence-corrected chi connectivity index (χ0v) is 15.8. The van der Waals surface area contributed by atoms with Gasteiger partial charge in [-0.2, -0.15) is 13.2 Å². The minimum Gasteiger partial charge on any atom is -0.392 e. The standard InChI is InChI=1S/C22H19F3N4O/c23-22(24,25)15-5-7-16(8-6-15)27-13-28-20-11-26-21-18(20)9-10-19(29-21)17-4-2-1-3-14(17)12-30/h1-11,27-28,30H,12-13H2,(H,26,29). The second kappa shape index (κ2) is 8.08. The van der Waals surface area contributed by atoms with E-state index in [4.69, 9.17) is 0 Å². The van der Waals surface area contributed by atoms with Gasteiger partial charge in [0, 0.05) is 22.8 Å². The molecule has 154 valence electrons. The number of aliphatic hydroxyl groups is 1. The Morgan fingerprint density at radius 2 is 1.70 bits per heavy atom. The zero-order valence-electron chi connectivity index (χ0n) is 15.8. The number of benzene rings is 2. The highest BCUT2D eigenvalue weighted by Crippen LogP contribution is 2.30. The number of H-pyrrole nitrogens is 1. The maximum Gasteiger partial charge on any atom is 0.416 e. The highest BCUT2D eigenvalue weighted by molar-refractivity contribution is 5.91. The molecule has 0 spiro atoms. The fourth-order valence-electron chi connectivity index (χ4n) is 3.23. The van der Waals surface area contributed by atoms with Crippen LogP contribution in [-0.2, 0) is 12.8 Å². The van der Waals surface area contributed by atoms with Crippen molar-refractivity contribution in [3.63, 3.8) is 0 Å². The third kappa shape index (κ3) is 4.08. The van der Waals surface area contributed by atoms with Crippen LogP contribution in [0.15, 0.2) is 66.9 Å². The molecule has 0 bridgehead atoms. The van der Waals surface area contributed by atoms with Gasteiger partial charge in [0.15, 0.2) is 0 Å². The van der Waals surface area contributed by atoms with Gasteiger partial charge in [0.05, 0.1) is 30.2 Å². The minimum atomic E-state index is -4.34. The Morgan fingerprint density at radius 3 is 2.43 bits per heavy atom. The van der Waals surface area contributed by atoms with E-state index in [2.05, 4.69) is 20.6 Å². The van der Waals surface area contributed by atoms with E-state index in [1.54, 1.807) is 6.20 Å². The molecule has 0 amide bonds. The second-order valence-electron chi connectivity index (χ2n) is 6.72. The van der Waals surface area contributed by atoms with Gasteiger partial charge >= 0.3 is 6.18 Å². The quantitative estimate of drug-likeness (QED) is 0.328. The number of aromatic amines is 1. The summed E-state index contributed by atoms with van der Waals surface area (Å²) >= 11 is 0. The molecule has 0 aliphatic rings. The van der Waals surface area contributed by atoms with Crippen molar-refractivity contribution in [2.75, 3.05) is 17.3 Å². The van der Waals surface area contributed by atoms with Crippen LogP contribution in [0.25, 0.3) is 22.3 Å². The average Bonchev–Trinajstić information content (AvgIpc) is 3.15. The topological polar surface area (TPSA) is 73.0 Å². The van der Waals surface area contributed by atoms with Gasteiger partial charge in [-0.25, -0.2) is 4.98 Å². The molecule has 0 saturated heterocycles. The Hall–Kier alpha value is -3.52. The van der Waals surface area contributed by atoms with Gasteiger partial charge in [0.25, 0.3) is 0 Å². The van der Waals surface area contributed by atoms with Crippen molar-refractivity contribution < 1.29 is 18.3 Å². The predicted octanol–water partition coefficient (Wildman–Crippen LogP) is 5.22. The number of fused-ring (bicyclic) bond motifs is 1. The number of halogens is 3. The summed E-state index contributed by atoms with van der Waals surface area (Å²) in [5.41, 5.74) is 3.84. The summed E-state index contributed by atoms with van der Waals surface area (Å²) in [5, 5.41) is 16.7. The SMILES string of the molecule is OCc1ccccc1-c1ccc2c(NCNc3ccc(C(F)(F)F)cc3)c[nH]c2n1. The molecule has 0 saturated carbocycles. The van der Waals surface area contributed by atoms with Gasteiger partial charge in [0.1, 0.15) is 5.65 Å². The van der Waals surface area contributed by atoms with Crippen molar-refractivity contribution in [1.82, 2.24) is 9.97 Å². The monoisotopic (exact) mass is 412 g/mol. The summed E-state index contributed by atoms with van der Waals surface area (Å²) in [5.74, 6) is 0. The van der Waals surface area contributed by atoms with E-state index in [9.17, 15) is 18.3 Å². The van der Waals surface area contributed by atoms with Crippen LogP contribution in [0.2, 0.25) is 0 Å². The molecular formula is C22H19F3N4O. The Kier molecular flexibility index (Phi) is 5.33. The van der Waals surface area contributed by atoms with Gasteiger partial charge < -0.3 is 20.7 Å². The van der Waals surface area contributed by atoms with Crippen molar-refractivity contribution in [2.24, 2.45) is 0 Å². The molecule has 5 nitrogen and oxygen atoms in total. The number of nitrogens with zero attached hydrogens (tertiary/aromatic N) is 1. The number of anilines is 2. The summed E-state index contributed by atoms with van der Waals surface area (Å²) in [4.78, 5) is 7.76. The maximum absolute atomic E-state index is 12.6. The lowest BCUT2D eigenvalue weighted by Gasteiger charge is -2.11. The Bertz CT molecular complexity index is 1150. The maximum atomic E-state index is 12.6. The highest BCUT2D eigenvalue weighted by Gasteiger charge is 2.29. The second-order valence-corrected chi connectivity index (χ2v) is 6.72. The van der Waals surface area contributed by atoms with Gasteiger partial charge in [-0.15, -0.1) is 0 Å². The molecule has 30 heavy (non-hydrogen) atoms. The molecule has 2 heterocycles. The fourth-order valence-corrected chi connectivity index (χ4v) is 3.23. The van der Waals surface area contributed by atoms with E-state index in [0.29, 0.717) is 18.0 Å². The van der Waals surface area contributed by atoms with Crippen LogP contribution in [0.5, 0.6) is 0 Å². The van der Waals surface area contributed by atoms with Crippen molar-refractivity contribution in [1.29, 1.82) is 0 Å². The molecular weight excluding hydrogens is 393 g/mol. The van der Waals surface area contributed by atoms with Crippen molar-refractivity contribution in [2.45, 2.75) is 12.8 Å². The van der Waals surface area contributed by atoms with Gasteiger partial charge in [-0.3, -0.25) is 0 Å². The van der Waals surface area contributed by atoms with Crippen LogP contribution in [0.4, 0.5) is 24.5 Å². The lowest BCUT2D eigenvalue weighted by atomic mass is 10.0. The van der Waals surface area contributed by atoms with E-state index in [-0.39, 0.29) is 6.61 Å². The number of hydrogen-bond acceptors (Lipinski definition) is 4. The highest BCUT2D eigenvalue weighted by atomic mass is 19.4. The van der Waals surface area contributed by atoms with Crippen molar-refractivity contribution in [3.8, 4) is 11.3 Å². The van der Waals surface area contributed by atoms with E-state index in [0.717, 1.165) is 40.0 Å².